The van der Waals surface area contributed by atoms with Gasteiger partial charge in [0.2, 0.25) is 0 Å². The summed E-state index contributed by atoms with van der Waals surface area (Å²) < 4.78 is 0. The fourth-order valence-corrected chi connectivity index (χ4v) is 6.00. The summed E-state index contributed by atoms with van der Waals surface area (Å²) in [6.07, 6.45) is 4.23. The van der Waals surface area contributed by atoms with Gasteiger partial charge >= 0.3 is 0 Å². The van der Waals surface area contributed by atoms with Crippen LogP contribution in [-0.2, 0) is 12.8 Å². The third-order valence-corrected chi connectivity index (χ3v) is 6.91. The quantitative estimate of drug-likeness (QED) is 0.676. The topological polar surface area (TPSA) is 20.2 Å². The Hall–Kier alpha value is -1.19. The van der Waals surface area contributed by atoms with Gasteiger partial charge < -0.3 is 5.11 Å². The number of hydrogen-bond donors (Lipinski definition) is 1. The van der Waals surface area contributed by atoms with Crippen molar-refractivity contribution >= 4 is 31.7 Å². The molecule has 3 heteroatoms. The van der Waals surface area contributed by atoms with Gasteiger partial charge in [-0.25, -0.2) is 0 Å². The maximum absolute atomic E-state index is 10.00. The Labute approximate surface area is 128 Å². The van der Waals surface area contributed by atoms with Crippen molar-refractivity contribution in [1.29, 1.82) is 0 Å². The lowest BCUT2D eigenvalue weighted by atomic mass is 10.0. The van der Waals surface area contributed by atoms with Crippen molar-refractivity contribution in [3.05, 3.63) is 47.5 Å². The van der Waals surface area contributed by atoms with Gasteiger partial charge in [0, 0.05) is 4.90 Å². The molecule has 2 rings (SSSR count). The average Bonchev–Trinajstić information content (AvgIpc) is 2.47. The lowest BCUT2D eigenvalue weighted by Crippen LogP contribution is -2.31. The van der Waals surface area contributed by atoms with E-state index in [4.69, 9.17) is 0 Å². The zero-order valence-corrected chi connectivity index (χ0v) is 14.7. The normalized spacial score (nSPS) is 11.3. The Balaban J connectivity index is 2.42. The second-order valence-electron chi connectivity index (χ2n) is 4.91. The molecule has 0 heterocycles. The molecule has 0 aliphatic carbocycles. The summed E-state index contributed by atoms with van der Waals surface area (Å²) in [4.78, 5) is 1.06. The van der Waals surface area contributed by atoms with Crippen molar-refractivity contribution in [2.45, 2.75) is 31.6 Å². The van der Waals surface area contributed by atoms with E-state index in [-0.39, 0.29) is 0 Å². The van der Waals surface area contributed by atoms with E-state index in [1.165, 1.54) is 21.5 Å². The molecule has 0 aliphatic heterocycles. The molecule has 1 nitrogen and oxygen atoms in total. The number of phenols is 1. The average molecular weight is 303 g/mol. The van der Waals surface area contributed by atoms with E-state index >= 15 is 0 Å². The highest BCUT2D eigenvalue weighted by Crippen LogP contribution is 2.23. The highest BCUT2D eigenvalue weighted by Gasteiger charge is 2.11. The molecule has 0 saturated heterocycles. The smallest absolute Gasteiger partial charge is 0.128 e. The van der Waals surface area contributed by atoms with E-state index in [9.17, 15) is 5.11 Å². The summed E-state index contributed by atoms with van der Waals surface area (Å²) in [5, 5.41) is 12.9. The van der Waals surface area contributed by atoms with E-state index in [1.807, 2.05) is 12.3 Å². The number of benzene rings is 2. The summed E-state index contributed by atoms with van der Waals surface area (Å²) in [5.41, 5.74) is 3.00. The van der Waals surface area contributed by atoms with E-state index in [0.717, 1.165) is 17.7 Å². The highest BCUT2D eigenvalue weighted by atomic mass is 32.2. The van der Waals surface area contributed by atoms with Gasteiger partial charge in [-0.3, -0.25) is 0 Å². The van der Waals surface area contributed by atoms with Gasteiger partial charge in [-0.1, -0.05) is 49.4 Å². The van der Waals surface area contributed by atoms with Crippen LogP contribution in [0.15, 0.2) is 41.3 Å². The predicted octanol–water partition coefficient (Wildman–Crippen LogP) is 2.36. The Kier molecular flexibility index (Phi) is 5.32. The molecule has 0 aliphatic rings. The molecule has 0 spiro atoms. The van der Waals surface area contributed by atoms with Crippen LogP contribution in [0.4, 0.5) is 0 Å². The van der Waals surface area contributed by atoms with Crippen LogP contribution in [0.25, 0.3) is 0 Å². The summed E-state index contributed by atoms with van der Waals surface area (Å²) in [6, 6.07) is 12.6. The Morgan fingerprint density at radius 1 is 1.00 bits per heavy atom. The molecule has 0 amide bonds. The van der Waals surface area contributed by atoms with E-state index in [2.05, 4.69) is 38.1 Å². The molecule has 0 unspecified atom stereocenters. The molecule has 0 bridgehead atoms. The van der Waals surface area contributed by atoms with Crippen molar-refractivity contribution in [1.82, 2.24) is 0 Å². The van der Waals surface area contributed by atoms with Gasteiger partial charge in [-0.2, -0.15) is 0 Å². The van der Waals surface area contributed by atoms with Crippen molar-refractivity contribution in [3.63, 3.8) is 0 Å². The van der Waals surface area contributed by atoms with E-state index < -0.39 is 9.52 Å². The first-order valence-corrected chi connectivity index (χ1v) is 9.79. The minimum Gasteiger partial charge on any atom is -0.507 e. The summed E-state index contributed by atoms with van der Waals surface area (Å²) in [7, 11) is -0.547. The molecule has 20 heavy (non-hydrogen) atoms. The zero-order valence-electron chi connectivity index (χ0n) is 12.4. The van der Waals surface area contributed by atoms with Crippen molar-refractivity contribution < 1.29 is 5.11 Å². The molecule has 2 aromatic rings. The Bertz CT molecular complexity index is 596. The van der Waals surface area contributed by atoms with E-state index in [1.54, 1.807) is 17.8 Å². The standard InChI is InChI=1S/C17H22OSSi/c1-4-12-8-6-10-15(13(12)5-2)20-16-11-7-9-14(18)17(16)19-3/h6-11,18H,4-5,20H2,1-3H3. The third-order valence-electron chi connectivity index (χ3n) is 3.77. The van der Waals surface area contributed by atoms with Gasteiger partial charge in [0.25, 0.3) is 0 Å². The van der Waals surface area contributed by atoms with Crippen molar-refractivity contribution in [2.24, 2.45) is 0 Å². The van der Waals surface area contributed by atoms with Gasteiger partial charge in [0.1, 0.15) is 5.75 Å². The second-order valence-corrected chi connectivity index (χ2v) is 7.60. The van der Waals surface area contributed by atoms with Gasteiger partial charge in [0.15, 0.2) is 0 Å². The number of aryl methyl sites for hydroxylation is 1. The summed E-state index contributed by atoms with van der Waals surface area (Å²) in [6.45, 7) is 4.46. The van der Waals surface area contributed by atoms with Crippen molar-refractivity contribution in [3.8, 4) is 5.75 Å². The monoisotopic (exact) mass is 302 g/mol. The molecule has 106 valence electrons. The van der Waals surface area contributed by atoms with Gasteiger partial charge in [-0.15, -0.1) is 11.8 Å². The maximum Gasteiger partial charge on any atom is 0.128 e. The van der Waals surface area contributed by atoms with Crippen molar-refractivity contribution in [2.75, 3.05) is 6.26 Å². The maximum atomic E-state index is 10.00. The van der Waals surface area contributed by atoms with Crippen LogP contribution in [0, 0.1) is 0 Å². The SMILES string of the molecule is CCc1cccc([SiH2]c2cccc(O)c2SC)c1CC. The molecule has 0 radical (unpaired) electrons. The molecular weight excluding hydrogens is 280 g/mol. The fourth-order valence-electron chi connectivity index (χ4n) is 2.79. The first-order valence-electron chi connectivity index (χ1n) is 7.15. The first-order chi connectivity index (χ1) is 9.71. The highest BCUT2D eigenvalue weighted by molar-refractivity contribution is 7.99. The number of rotatable bonds is 5. The zero-order chi connectivity index (χ0) is 14.5. The van der Waals surface area contributed by atoms with Crippen LogP contribution in [0.1, 0.15) is 25.0 Å². The fraction of sp³-hybridized carbons (Fsp3) is 0.294. The molecule has 1 N–H and O–H groups in total. The molecule has 0 aromatic heterocycles. The Morgan fingerprint density at radius 2 is 1.70 bits per heavy atom. The van der Waals surface area contributed by atoms with Gasteiger partial charge in [-0.05, 0) is 41.5 Å². The minimum absolute atomic E-state index is 0.423. The van der Waals surface area contributed by atoms with Crippen LogP contribution in [0.2, 0.25) is 0 Å². The molecular formula is C17H22OSSi. The molecule has 0 saturated carbocycles. The second kappa shape index (κ2) is 7.00. The number of hydrogen-bond acceptors (Lipinski definition) is 2. The van der Waals surface area contributed by atoms with Gasteiger partial charge in [0.05, 0.1) is 9.52 Å². The van der Waals surface area contributed by atoms with Crippen LogP contribution < -0.4 is 10.4 Å². The number of phenolic OH excluding ortho intramolecular Hbond substituents is 1. The largest absolute Gasteiger partial charge is 0.507 e. The molecule has 0 fully saturated rings. The number of thioether (sulfide) groups is 1. The minimum atomic E-state index is -0.547. The third kappa shape index (κ3) is 3.10. The van der Waals surface area contributed by atoms with E-state index in [0.29, 0.717) is 5.75 Å². The predicted molar refractivity (Wildman–Crippen MR) is 92.9 cm³/mol. The van der Waals surface area contributed by atoms with Crippen LogP contribution in [0.3, 0.4) is 0 Å². The van der Waals surface area contributed by atoms with Crippen LogP contribution in [0.5, 0.6) is 5.75 Å². The van der Waals surface area contributed by atoms with Crippen LogP contribution >= 0.6 is 11.8 Å². The summed E-state index contributed by atoms with van der Waals surface area (Å²) >= 11 is 1.65. The molecule has 0 atom stereocenters. The number of aromatic hydroxyl groups is 1. The Morgan fingerprint density at radius 3 is 2.35 bits per heavy atom. The lowest BCUT2D eigenvalue weighted by molar-refractivity contribution is 0.463. The summed E-state index contributed by atoms with van der Waals surface area (Å²) in [5.74, 6) is 0.423. The molecule has 2 aromatic carbocycles. The first kappa shape index (κ1) is 15.2. The lowest BCUT2D eigenvalue weighted by Gasteiger charge is -2.14. The van der Waals surface area contributed by atoms with Crippen LogP contribution in [-0.4, -0.2) is 20.9 Å².